The van der Waals surface area contributed by atoms with Crippen molar-refractivity contribution in [2.45, 2.75) is 83.9 Å². The van der Waals surface area contributed by atoms with Gasteiger partial charge in [-0.3, -0.25) is 0 Å². The number of aliphatic hydroxyl groups is 1. The molecule has 0 aromatic rings. The third-order valence-corrected chi connectivity index (χ3v) is 9.56. The molecule has 4 aliphatic carbocycles. The van der Waals surface area contributed by atoms with Crippen molar-refractivity contribution >= 4 is 11.9 Å². The van der Waals surface area contributed by atoms with E-state index < -0.39 is 48.3 Å². The van der Waals surface area contributed by atoms with Crippen LogP contribution in [0.1, 0.15) is 59.3 Å². The first kappa shape index (κ1) is 28.0. The van der Waals surface area contributed by atoms with E-state index in [4.69, 9.17) is 4.74 Å². The maximum atomic E-state index is 13.2. The van der Waals surface area contributed by atoms with E-state index in [-0.39, 0.29) is 42.1 Å². The van der Waals surface area contributed by atoms with Crippen molar-refractivity contribution < 1.29 is 50.5 Å². The van der Waals surface area contributed by atoms with Gasteiger partial charge in [0, 0.05) is 30.8 Å². The van der Waals surface area contributed by atoms with Gasteiger partial charge in [-0.25, -0.2) is 9.59 Å². The standard InChI is InChI=1S/C26H32F6O5/c1-13(12-33)17-6-7-18-16-5-4-14-10-15(36-21(34)25(27,28)29)11-20(37-22(35)26(30,31)32)24(14,3)19(16)8-9-23(17,18)2/h4,6,13,15-16,18-20,33H,5,7-12H2,1-3H3/t13-,15?,16+,18+,19+,20?,23-,24+/m1/s1. The number of ether oxygens (including phenoxy) is 2. The molecule has 8 atom stereocenters. The van der Waals surface area contributed by atoms with Crippen molar-refractivity contribution in [2.24, 2.45) is 34.5 Å². The number of fused-ring (bicyclic) bond motifs is 5. The second-order valence-corrected chi connectivity index (χ2v) is 11.4. The minimum absolute atomic E-state index is 0.0114. The zero-order valence-electron chi connectivity index (χ0n) is 20.9. The second-order valence-electron chi connectivity index (χ2n) is 11.4. The number of aliphatic hydroxyl groups excluding tert-OH is 1. The van der Waals surface area contributed by atoms with Crippen LogP contribution in [0.2, 0.25) is 0 Å². The molecular formula is C26H32F6O5. The van der Waals surface area contributed by atoms with Crippen LogP contribution in [-0.4, -0.2) is 48.2 Å². The molecule has 1 N–H and O–H groups in total. The van der Waals surface area contributed by atoms with Gasteiger partial charge in [0.1, 0.15) is 12.2 Å². The number of hydrogen-bond donors (Lipinski definition) is 1. The third kappa shape index (κ3) is 4.69. The molecule has 0 radical (unpaired) electrons. The Morgan fingerprint density at radius 2 is 1.65 bits per heavy atom. The predicted molar refractivity (Wildman–Crippen MR) is 119 cm³/mol. The molecule has 4 aliphatic rings. The van der Waals surface area contributed by atoms with Gasteiger partial charge in [-0.05, 0) is 48.9 Å². The molecule has 0 amide bonds. The Hall–Kier alpha value is -2.04. The van der Waals surface area contributed by atoms with Crippen LogP contribution in [0.5, 0.6) is 0 Å². The van der Waals surface area contributed by atoms with Gasteiger partial charge >= 0.3 is 24.3 Å². The van der Waals surface area contributed by atoms with E-state index in [1.807, 2.05) is 13.0 Å². The molecule has 0 saturated heterocycles. The summed E-state index contributed by atoms with van der Waals surface area (Å²) in [4.78, 5) is 23.4. The third-order valence-electron chi connectivity index (χ3n) is 9.56. The molecule has 2 saturated carbocycles. The Labute approximate surface area is 211 Å². The molecule has 2 fully saturated rings. The summed E-state index contributed by atoms with van der Waals surface area (Å²) in [5.74, 6) is -4.81. The van der Waals surface area contributed by atoms with Crippen molar-refractivity contribution in [1.82, 2.24) is 0 Å². The molecule has 37 heavy (non-hydrogen) atoms. The maximum absolute atomic E-state index is 13.2. The van der Waals surface area contributed by atoms with Gasteiger partial charge in [0.05, 0.1) is 0 Å². The van der Waals surface area contributed by atoms with Gasteiger partial charge in [-0.2, -0.15) is 26.3 Å². The summed E-state index contributed by atoms with van der Waals surface area (Å²) >= 11 is 0. The lowest BCUT2D eigenvalue weighted by Gasteiger charge is -2.59. The normalized spacial score (nSPS) is 38.4. The van der Waals surface area contributed by atoms with Crippen molar-refractivity contribution in [3.05, 3.63) is 23.3 Å². The van der Waals surface area contributed by atoms with Gasteiger partial charge < -0.3 is 14.6 Å². The zero-order chi connectivity index (χ0) is 27.6. The molecule has 0 spiro atoms. The summed E-state index contributed by atoms with van der Waals surface area (Å²) < 4.78 is 87.6. The van der Waals surface area contributed by atoms with Crippen molar-refractivity contribution in [3.63, 3.8) is 0 Å². The van der Waals surface area contributed by atoms with Gasteiger partial charge in [0.2, 0.25) is 0 Å². The Morgan fingerprint density at radius 3 is 2.24 bits per heavy atom. The fourth-order valence-corrected chi connectivity index (χ4v) is 7.80. The van der Waals surface area contributed by atoms with Crippen LogP contribution >= 0.6 is 0 Å². The Morgan fingerprint density at radius 1 is 1.03 bits per heavy atom. The highest BCUT2D eigenvalue weighted by Crippen LogP contribution is 2.66. The van der Waals surface area contributed by atoms with Crippen molar-refractivity contribution in [1.29, 1.82) is 0 Å². The van der Waals surface area contributed by atoms with Crippen LogP contribution in [0.15, 0.2) is 23.3 Å². The number of rotatable bonds is 4. The predicted octanol–water partition coefficient (Wildman–Crippen LogP) is 5.67. The van der Waals surface area contributed by atoms with E-state index in [1.54, 1.807) is 6.92 Å². The minimum Gasteiger partial charge on any atom is -0.455 e. The summed E-state index contributed by atoms with van der Waals surface area (Å²) in [6, 6.07) is 0. The first-order valence-electron chi connectivity index (χ1n) is 12.6. The Bertz CT molecular complexity index is 1000. The molecule has 0 aromatic heterocycles. The van der Waals surface area contributed by atoms with Crippen LogP contribution in [-0.2, 0) is 19.1 Å². The zero-order valence-corrected chi connectivity index (χ0v) is 20.9. The molecule has 208 valence electrons. The molecule has 0 aliphatic heterocycles. The molecule has 11 heteroatoms. The largest absolute Gasteiger partial charge is 0.490 e. The van der Waals surface area contributed by atoms with E-state index in [2.05, 4.69) is 17.7 Å². The van der Waals surface area contributed by atoms with Crippen molar-refractivity contribution in [3.8, 4) is 0 Å². The van der Waals surface area contributed by atoms with Crippen LogP contribution < -0.4 is 0 Å². The monoisotopic (exact) mass is 538 g/mol. The van der Waals surface area contributed by atoms with E-state index in [0.29, 0.717) is 18.4 Å². The molecule has 5 nitrogen and oxygen atoms in total. The highest BCUT2D eigenvalue weighted by molar-refractivity contribution is 5.76. The van der Waals surface area contributed by atoms with E-state index >= 15 is 0 Å². The van der Waals surface area contributed by atoms with Crippen LogP contribution in [0, 0.1) is 34.5 Å². The number of esters is 2. The first-order valence-corrected chi connectivity index (χ1v) is 12.6. The molecule has 0 aromatic carbocycles. The topological polar surface area (TPSA) is 72.8 Å². The number of carbonyl (C=O) groups is 2. The lowest BCUT2D eigenvalue weighted by atomic mass is 9.46. The number of alkyl halides is 6. The van der Waals surface area contributed by atoms with Crippen LogP contribution in [0.25, 0.3) is 0 Å². The van der Waals surface area contributed by atoms with Gasteiger partial charge in [0.25, 0.3) is 0 Å². The fraction of sp³-hybridized carbons (Fsp3) is 0.769. The lowest BCUT2D eigenvalue weighted by Crippen LogP contribution is -2.57. The molecule has 2 unspecified atom stereocenters. The lowest BCUT2D eigenvalue weighted by molar-refractivity contribution is -0.222. The quantitative estimate of drug-likeness (QED) is 0.284. The summed E-state index contributed by atoms with van der Waals surface area (Å²) in [6.45, 7) is 5.86. The molecule has 4 rings (SSSR count). The molecule has 0 bridgehead atoms. The van der Waals surface area contributed by atoms with Gasteiger partial charge in [0.15, 0.2) is 0 Å². The molecular weight excluding hydrogens is 506 g/mol. The summed E-state index contributed by atoms with van der Waals surface area (Å²) in [6.07, 6.45) is -7.14. The number of hydrogen-bond acceptors (Lipinski definition) is 5. The van der Waals surface area contributed by atoms with E-state index in [0.717, 1.165) is 12.8 Å². The van der Waals surface area contributed by atoms with E-state index in [9.17, 15) is 41.0 Å². The van der Waals surface area contributed by atoms with Crippen molar-refractivity contribution in [2.75, 3.05) is 6.61 Å². The highest BCUT2D eigenvalue weighted by Gasteiger charge is 2.61. The smallest absolute Gasteiger partial charge is 0.455 e. The summed E-state index contributed by atoms with van der Waals surface area (Å²) in [5.41, 5.74) is 0.528. The first-order chi connectivity index (χ1) is 17.0. The minimum atomic E-state index is -5.28. The Balaban J connectivity index is 1.67. The fourth-order valence-electron chi connectivity index (χ4n) is 7.80. The van der Waals surface area contributed by atoms with Gasteiger partial charge in [-0.1, -0.05) is 44.1 Å². The summed E-state index contributed by atoms with van der Waals surface area (Å²) in [5, 5.41) is 9.75. The molecule has 0 heterocycles. The average Bonchev–Trinajstić information content (AvgIpc) is 3.15. The summed E-state index contributed by atoms with van der Waals surface area (Å²) in [7, 11) is 0. The van der Waals surface area contributed by atoms with Crippen LogP contribution in [0.4, 0.5) is 26.3 Å². The number of allylic oxidation sites excluding steroid dienone is 2. The Kier molecular flexibility index (Phi) is 7.04. The second kappa shape index (κ2) is 9.31. The number of carbonyl (C=O) groups excluding carboxylic acids is 2. The number of halogens is 6. The van der Waals surface area contributed by atoms with Gasteiger partial charge in [-0.15, -0.1) is 0 Å². The SMILES string of the molecule is C[C@H](CO)C1=CC[C@H]2[C@@H]3CC=C4CC(OC(=O)C(F)(F)F)CC(OC(=O)C(F)(F)F)[C@]4(C)[C@H]3CC[C@]12C. The highest BCUT2D eigenvalue weighted by atomic mass is 19.4. The van der Waals surface area contributed by atoms with Crippen LogP contribution in [0.3, 0.4) is 0 Å². The van der Waals surface area contributed by atoms with E-state index in [1.165, 1.54) is 5.57 Å². The average molecular weight is 539 g/mol. The maximum Gasteiger partial charge on any atom is 0.490 e.